The van der Waals surface area contributed by atoms with Crippen LogP contribution in [-0.4, -0.2) is 12.3 Å². The molecule has 8 aromatic carbocycles. The molecule has 0 heterocycles. The summed E-state index contributed by atoms with van der Waals surface area (Å²) >= 11 is 0. The summed E-state index contributed by atoms with van der Waals surface area (Å²) in [6.07, 6.45) is 0. The summed E-state index contributed by atoms with van der Waals surface area (Å²) in [5.41, 5.74) is 0. The molecule has 0 unspecified atom stereocenters. The van der Waals surface area contributed by atoms with E-state index in [0.29, 0.717) is 0 Å². The highest BCUT2D eigenvalue weighted by Crippen LogP contribution is 2.55. The van der Waals surface area contributed by atoms with E-state index in [1.807, 2.05) is 0 Å². The number of rotatable bonds is 8. The molecular formula is C48H41BO3P2. The zero-order valence-corrected chi connectivity index (χ0v) is 31.6. The van der Waals surface area contributed by atoms with Crippen LogP contribution < -0.4 is 52.5 Å². The molecule has 0 aliphatic heterocycles. The van der Waals surface area contributed by atoms with Crippen LogP contribution in [0.4, 0.5) is 0 Å². The van der Waals surface area contributed by atoms with E-state index in [9.17, 15) is 0 Å². The van der Waals surface area contributed by atoms with Crippen molar-refractivity contribution in [2.24, 2.45) is 0 Å². The summed E-state index contributed by atoms with van der Waals surface area (Å²) in [7, 11) is -6.48. The fourth-order valence-corrected chi connectivity index (χ4v) is 15.5. The Labute approximate surface area is 320 Å². The maximum Gasteiger partial charge on any atom is 0.144 e. The Hall–Kier alpha value is -5.44. The molecule has 0 atom stereocenters. The maximum atomic E-state index is 8.53. The Morgan fingerprint density at radius 3 is 0.426 bits per heavy atom. The van der Waals surface area contributed by atoms with E-state index >= 15 is 0 Å². The monoisotopic (exact) mass is 738 g/mol. The summed E-state index contributed by atoms with van der Waals surface area (Å²) in [5, 5.41) is 35.1. The number of benzene rings is 8. The molecule has 0 radical (unpaired) electrons. The van der Waals surface area contributed by atoms with Crippen LogP contribution in [0, 0.1) is 0 Å². The molecular weight excluding hydrogens is 697 g/mol. The predicted molar refractivity (Wildman–Crippen MR) is 230 cm³/mol. The van der Waals surface area contributed by atoms with Crippen LogP contribution in [0.3, 0.4) is 0 Å². The zero-order valence-electron chi connectivity index (χ0n) is 29.8. The highest BCUT2D eigenvalue weighted by molar-refractivity contribution is 8.02. The van der Waals surface area contributed by atoms with Crippen molar-refractivity contribution in [1.29, 1.82) is 0 Å². The van der Waals surface area contributed by atoms with Gasteiger partial charge >= 0.3 is 0 Å². The van der Waals surface area contributed by atoms with Crippen LogP contribution in [0.25, 0.3) is 0 Å². The predicted octanol–water partition coefficient (Wildman–Crippen LogP) is 5.30. The van der Waals surface area contributed by atoms with Crippen molar-refractivity contribution in [1.82, 2.24) is 0 Å². The lowest BCUT2D eigenvalue weighted by molar-refractivity contribution is -0.376. The van der Waals surface area contributed by atoms with Gasteiger partial charge in [-0.15, -0.1) is 0 Å². The van der Waals surface area contributed by atoms with Crippen molar-refractivity contribution in [3.05, 3.63) is 243 Å². The first-order chi connectivity index (χ1) is 26.6. The van der Waals surface area contributed by atoms with Crippen molar-refractivity contribution in [2.45, 2.75) is 0 Å². The molecule has 0 saturated heterocycles. The second-order valence-electron chi connectivity index (χ2n) is 12.3. The molecule has 8 rings (SSSR count). The normalized spacial score (nSPS) is 10.9. The zero-order chi connectivity index (χ0) is 37.5. The molecule has 54 heavy (non-hydrogen) atoms. The fraction of sp³-hybridized carbons (Fsp3) is 0. The van der Waals surface area contributed by atoms with Crippen molar-refractivity contribution < 1.29 is 15.1 Å². The maximum absolute atomic E-state index is 8.53. The molecule has 264 valence electrons. The third-order valence-electron chi connectivity index (χ3n) is 9.15. The van der Waals surface area contributed by atoms with E-state index in [2.05, 4.69) is 243 Å². The van der Waals surface area contributed by atoms with Crippen LogP contribution in [0.5, 0.6) is 0 Å². The molecule has 6 heteroatoms. The summed E-state index contributed by atoms with van der Waals surface area (Å²) in [4.78, 5) is 0. The van der Waals surface area contributed by atoms with Gasteiger partial charge in [0, 0.05) is 0 Å². The van der Waals surface area contributed by atoms with Gasteiger partial charge in [-0.25, -0.2) is 0 Å². The smallest absolute Gasteiger partial charge is 0.144 e. The number of hydrogen-bond acceptors (Lipinski definition) is 3. The largest absolute Gasteiger partial charge is 0.871 e. The van der Waals surface area contributed by atoms with Crippen LogP contribution in [0.2, 0.25) is 0 Å². The van der Waals surface area contributed by atoms with E-state index < -0.39 is 21.8 Å². The van der Waals surface area contributed by atoms with Crippen molar-refractivity contribution in [3.8, 4) is 0 Å². The second-order valence-corrected chi connectivity index (χ2v) is 19.1. The number of hydrogen-bond donors (Lipinski definition) is 1. The lowest BCUT2D eigenvalue weighted by Crippen LogP contribution is -2.44. The van der Waals surface area contributed by atoms with Gasteiger partial charge in [-0.2, -0.15) is 0 Å². The summed E-state index contributed by atoms with van der Waals surface area (Å²) < 4.78 is 0. The Morgan fingerprint density at radius 2 is 0.333 bits per heavy atom. The van der Waals surface area contributed by atoms with Crippen molar-refractivity contribution in [3.63, 3.8) is 0 Å². The van der Waals surface area contributed by atoms with Crippen LogP contribution in [-0.2, 0) is 0 Å². The van der Waals surface area contributed by atoms with Gasteiger partial charge in [0.15, 0.2) is 0 Å². The quantitative estimate of drug-likeness (QED) is 0.170. The van der Waals surface area contributed by atoms with Gasteiger partial charge in [-0.3, -0.25) is 0 Å². The van der Waals surface area contributed by atoms with E-state index in [-0.39, 0.29) is 0 Å². The molecule has 0 amide bonds. The first-order valence-electron chi connectivity index (χ1n) is 17.8. The molecule has 0 spiro atoms. The Bertz CT molecular complexity index is 1740. The Morgan fingerprint density at radius 1 is 0.241 bits per heavy atom. The van der Waals surface area contributed by atoms with Gasteiger partial charge in [-0.1, -0.05) is 146 Å². The van der Waals surface area contributed by atoms with Gasteiger partial charge in [-0.05, 0) is 97.1 Å². The lowest BCUT2D eigenvalue weighted by Gasteiger charge is -2.27. The van der Waals surface area contributed by atoms with Gasteiger partial charge in [0.25, 0.3) is 0 Å². The minimum Gasteiger partial charge on any atom is -0.871 e. The summed E-state index contributed by atoms with van der Waals surface area (Å²) in [5.74, 6) is 0. The summed E-state index contributed by atoms with van der Waals surface area (Å²) in [6.45, 7) is 0. The molecule has 0 aliphatic rings. The van der Waals surface area contributed by atoms with E-state index in [4.69, 9.17) is 15.1 Å². The Balaban J connectivity index is 0.000000168. The van der Waals surface area contributed by atoms with E-state index in [1.54, 1.807) is 0 Å². The third-order valence-corrected chi connectivity index (χ3v) is 17.7. The van der Waals surface area contributed by atoms with Gasteiger partial charge in [0.2, 0.25) is 0 Å². The van der Waals surface area contributed by atoms with Gasteiger partial charge in [0.1, 0.15) is 57.0 Å². The fourth-order valence-electron chi connectivity index (χ4n) is 7.00. The van der Waals surface area contributed by atoms with E-state index in [0.717, 1.165) is 0 Å². The average Bonchev–Trinajstić information content (AvgIpc) is 3.25. The SMILES string of the molecule is [O-]B([O-])O.c1ccc([P+](c2ccccc2)(c2ccccc2)c2ccccc2)cc1.c1ccc([P+](c2ccccc2)(c2ccccc2)c2ccccc2)cc1. The molecule has 0 fully saturated rings. The van der Waals surface area contributed by atoms with Crippen LogP contribution in [0.15, 0.2) is 243 Å². The lowest BCUT2D eigenvalue weighted by atomic mass is 10.3. The van der Waals surface area contributed by atoms with Crippen LogP contribution >= 0.6 is 14.5 Å². The van der Waals surface area contributed by atoms with Gasteiger partial charge < -0.3 is 15.1 Å². The van der Waals surface area contributed by atoms with E-state index in [1.165, 1.54) is 42.4 Å². The first-order valence-corrected chi connectivity index (χ1v) is 21.4. The third kappa shape index (κ3) is 8.51. The van der Waals surface area contributed by atoms with Crippen molar-refractivity contribution in [2.75, 3.05) is 0 Å². The second kappa shape index (κ2) is 19.1. The van der Waals surface area contributed by atoms with Gasteiger partial charge in [0.05, 0.1) is 7.32 Å². The molecule has 3 nitrogen and oxygen atoms in total. The van der Waals surface area contributed by atoms with Crippen molar-refractivity contribution >= 4 is 64.3 Å². The first kappa shape index (κ1) is 38.3. The molecule has 1 N–H and O–H groups in total. The average molecular weight is 739 g/mol. The van der Waals surface area contributed by atoms with Crippen LogP contribution in [0.1, 0.15) is 0 Å². The molecule has 0 saturated carbocycles. The molecule has 8 aromatic rings. The standard InChI is InChI=1S/2C24H20P.BHO3/c2*1-5-13-21(14-6-1)25(22-15-7-2-8-16-22,23-17-9-3-10-18-23)24-19-11-4-12-20-24;2-1(3)4/h2*1-20H;2H/q2*+1;-2. The minimum absolute atomic E-state index is 1.39. The highest BCUT2D eigenvalue weighted by atomic mass is 31.2. The highest BCUT2D eigenvalue weighted by Gasteiger charge is 2.48. The molecule has 0 aliphatic carbocycles. The topological polar surface area (TPSA) is 66.3 Å². The summed E-state index contributed by atoms with van der Waals surface area (Å²) in [6, 6.07) is 87.7. The minimum atomic E-state index is -2.67. The Kier molecular flexibility index (Phi) is 13.5. The molecule has 0 aromatic heterocycles. The molecule has 0 bridgehead atoms.